The molecule has 2 atom stereocenters. The average molecular weight is 287 g/mol. The number of hydrogen-bond donors (Lipinski definition) is 1. The molecule has 1 N–H and O–H groups in total. The minimum absolute atomic E-state index is 0.0922. The van der Waals surface area contributed by atoms with Gasteiger partial charge in [-0.15, -0.1) is 0 Å². The molecule has 1 aliphatic heterocycles. The number of benzene rings is 1. The zero-order valence-corrected chi connectivity index (χ0v) is 11.6. The van der Waals surface area contributed by atoms with Crippen LogP contribution in [0.25, 0.3) is 0 Å². The Labute approximate surface area is 122 Å². The molecule has 1 heterocycles. The Balaban J connectivity index is 1.81. The number of fused-ring (bicyclic) bond motifs is 1. The van der Waals surface area contributed by atoms with Crippen molar-refractivity contribution in [1.29, 1.82) is 0 Å². The third-order valence-electron chi connectivity index (χ3n) is 4.45. The third-order valence-corrected chi connectivity index (χ3v) is 4.45. The summed E-state index contributed by atoms with van der Waals surface area (Å²) in [5.41, 5.74) is 0.847. The van der Waals surface area contributed by atoms with Crippen molar-refractivity contribution in [1.82, 2.24) is 4.90 Å². The maximum atomic E-state index is 12.4. The number of hydrogen-bond acceptors (Lipinski definition) is 3. The Morgan fingerprint density at radius 2 is 1.76 bits per heavy atom. The van der Waals surface area contributed by atoms with Gasteiger partial charge in [0.05, 0.1) is 23.9 Å². The van der Waals surface area contributed by atoms with Crippen LogP contribution in [0.1, 0.15) is 41.6 Å². The molecular formula is C16H17NO4. The van der Waals surface area contributed by atoms with Crippen molar-refractivity contribution in [3.63, 3.8) is 0 Å². The minimum Gasteiger partial charge on any atom is -0.478 e. The summed E-state index contributed by atoms with van der Waals surface area (Å²) in [6, 6.07) is 6.40. The molecular weight excluding hydrogens is 270 g/mol. The van der Waals surface area contributed by atoms with E-state index in [-0.39, 0.29) is 35.8 Å². The third kappa shape index (κ3) is 2.44. The van der Waals surface area contributed by atoms with E-state index in [4.69, 9.17) is 5.11 Å². The van der Waals surface area contributed by atoms with Crippen LogP contribution in [-0.2, 0) is 16.1 Å². The van der Waals surface area contributed by atoms with Crippen LogP contribution in [-0.4, -0.2) is 27.8 Å². The van der Waals surface area contributed by atoms with Gasteiger partial charge in [0, 0.05) is 0 Å². The second-order valence-electron chi connectivity index (χ2n) is 5.77. The molecule has 2 aliphatic rings. The van der Waals surface area contributed by atoms with Gasteiger partial charge in [-0.25, -0.2) is 4.79 Å². The van der Waals surface area contributed by atoms with Gasteiger partial charge in [-0.2, -0.15) is 0 Å². The SMILES string of the molecule is O=C(O)c1cccc(CN2C(=O)C3CCCCC3C2=O)c1. The molecule has 3 rings (SSSR count). The number of imide groups is 1. The molecule has 0 bridgehead atoms. The maximum Gasteiger partial charge on any atom is 0.335 e. The first-order chi connectivity index (χ1) is 10.1. The lowest BCUT2D eigenvalue weighted by atomic mass is 9.81. The number of nitrogens with zero attached hydrogens (tertiary/aromatic N) is 1. The Kier molecular flexibility index (Phi) is 3.49. The predicted molar refractivity (Wildman–Crippen MR) is 74.4 cm³/mol. The van der Waals surface area contributed by atoms with Crippen LogP contribution in [0.2, 0.25) is 0 Å². The smallest absolute Gasteiger partial charge is 0.335 e. The van der Waals surface area contributed by atoms with Gasteiger partial charge in [-0.3, -0.25) is 14.5 Å². The van der Waals surface area contributed by atoms with E-state index in [2.05, 4.69) is 0 Å². The second-order valence-corrected chi connectivity index (χ2v) is 5.77. The topological polar surface area (TPSA) is 74.7 Å². The van der Waals surface area contributed by atoms with E-state index in [1.807, 2.05) is 0 Å². The first-order valence-electron chi connectivity index (χ1n) is 7.25. The van der Waals surface area contributed by atoms with Gasteiger partial charge >= 0.3 is 5.97 Å². The molecule has 2 fully saturated rings. The molecule has 2 amide bonds. The molecule has 5 heteroatoms. The Morgan fingerprint density at radius 3 is 2.33 bits per heavy atom. The lowest BCUT2D eigenvalue weighted by Crippen LogP contribution is -2.30. The van der Waals surface area contributed by atoms with Crippen molar-refractivity contribution < 1.29 is 19.5 Å². The van der Waals surface area contributed by atoms with Crippen LogP contribution in [0.15, 0.2) is 24.3 Å². The molecule has 110 valence electrons. The molecule has 1 aromatic carbocycles. The highest BCUT2D eigenvalue weighted by Crippen LogP contribution is 2.38. The molecule has 1 aromatic rings. The van der Waals surface area contributed by atoms with E-state index in [0.717, 1.165) is 25.7 Å². The van der Waals surface area contributed by atoms with Gasteiger partial charge < -0.3 is 5.11 Å². The minimum atomic E-state index is -1.01. The highest BCUT2D eigenvalue weighted by atomic mass is 16.4. The number of carbonyl (C=O) groups is 3. The summed E-state index contributed by atoms with van der Waals surface area (Å²) in [6.07, 6.45) is 3.59. The van der Waals surface area contributed by atoms with Gasteiger partial charge in [0.25, 0.3) is 0 Å². The van der Waals surface area contributed by atoms with Crippen molar-refractivity contribution in [3.8, 4) is 0 Å². The normalized spacial score (nSPS) is 25.0. The first kappa shape index (κ1) is 13.8. The molecule has 0 spiro atoms. The second kappa shape index (κ2) is 5.31. The molecule has 1 saturated heterocycles. The monoisotopic (exact) mass is 287 g/mol. The van der Waals surface area contributed by atoms with E-state index >= 15 is 0 Å². The van der Waals surface area contributed by atoms with Gasteiger partial charge in [-0.05, 0) is 30.5 Å². The molecule has 1 saturated carbocycles. The number of likely N-dealkylation sites (tertiary alicyclic amines) is 1. The summed E-state index contributed by atoms with van der Waals surface area (Å²) in [7, 11) is 0. The van der Waals surface area contributed by atoms with Crippen LogP contribution >= 0.6 is 0 Å². The first-order valence-corrected chi connectivity index (χ1v) is 7.25. The molecule has 2 unspecified atom stereocenters. The summed E-state index contributed by atoms with van der Waals surface area (Å²) >= 11 is 0. The number of carboxylic acid groups (broad SMARTS) is 1. The van der Waals surface area contributed by atoms with Crippen molar-refractivity contribution in [3.05, 3.63) is 35.4 Å². The Bertz CT molecular complexity index is 586. The lowest BCUT2D eigenvalue weighted by Gasteiger charge is -2.19. The van der Waals surface area contributed by atoms with Gasteiger partial charge in [0.15, 0.2) is 0 Å². The van der Waals surface area contributed by atoms with Crippen LogP contribution in [0.3, 0.4) is 0 Å². The number of carbonyl (C=O) groups excluding carboxylic acids is 2. The molecule has 0 radical (unpaired) electrons. The Morgan fingerprint density at radius 1 is 1.14 bits per heavy atom. The highest BCUT2D eigenvalue weighted by molar-refractivity contribution is 6.05. The number of amides is 2. The van der Waals surface area contributed by atoms with E-state index in [1.54, 1.807) is 12.1 Å². The fourth-order valence-corrected chi connectivity index (χ4v) is 3.37. The van der Waals surface area contributed by atoms with Crippen molar-refractivity contribution in [2.75, 3.05) is 0 Å². The molecule has 1 aliphatic carbocycles. The predicted octanol–water partition coefficient (Wildman–Crippen LogP) is 2.06. The average Bonchev–Trinajstić information content (AvgIpc) is 2.73. The van der Waals surface area contributed by atoms with E-state index in [9.17, 15) is 14.4 Å². The molecule has 5 nitrogen and oxygen atoms in total. The van der Waals surface area contributed by atoms with Crippen molar-refractivity contribution in [2.24, 2.45) is 11.8 Å². The van der Waals surface area contributed by atoms with Crippen molar-refractivity contribution in [2.45, 2.75) is 32.2 Å². The van der Waals surface area contributed by atoms with Crippen LogP contribution in [0.5, 0.6) is 0 Å². The highest BCUT2D eigenvalue weighted by Gasteiger charge is 2.47. The standard InChI is InChI=1S/C16H17NO4/c18-14-12-6-1-2-7-13(12)15(19)17(14)9-10-4-3-5-11(8-10)16(20)21/h3-5,8,12-13H,1-2,6-7,9H2,(H,20,21). The number of carboxylic acids is 1. The van der Waals surface area contributed by atoms with E-state index in [1.165, 1.54) is 17.0 Å². The molecule has 0 aromatic heterocycles. The van der Waals surface area contributed by atoms with E-state index < -0.39 is 5.97 Å². The maximum absolute atomic E-state index is 12.4. The van der Waals surface area contributed by atoms with Crippen molar-refractivity contribution >= 4 is 17.8 Å². The quantitative estimate of drug-likeness (QED) is 0.863. The fraction of sp³-hybridized carbons (Fsp3) is 0.438. The van der Waals surface area contributed by atoms with Gasteiger partial charge in [0.2, 0.25) is 11.8 Å². The summed E-state index contributed by atoms with van der Waals surface area (Å²) < 4.78 is 0. The largest absolute Gasteiger partial charge is 0.478 e. The summed E-state index contributed by atoms with van der Waals surface area (Å²) in [6.45, 7) is 0.172. The van der Waals surface area contributed by atoms with Crippen LogP contribution in [0.4, 0.5) is 0 Å². The lowest BCUT2D eigenvalue weighted by molar-refractivity contribution is -0.140. The van der Waals surface area contributed by atoms with Crippen LogP contribution in [0, 0.1) is 11.8 Å². The Hall–Kier alpha value is -2.17. The fourth-order valence-electron chi connectivity index (χ4n) is 3.37. The van der Waals surface area contributed by atoms with Gasteiger partial charge in [-0.1, -0.05) is 25.0 Å². The summed E-state index contributed by atoms with van der Waals surface area (Å²) in [4.78, 5) is 37.0. The molecule has 21 heavy (non-hydrogen) atoms. The zero-order valence-electron chi connectivity index (χ0n) is 11.6. The zero-order chi connectivity index (χ0) is 15.0. The number of rotatable bonds is 3. The van der Waals surface area contributed by atoms with Crippen LogP contribution < -0.4 is 0 Å². The van der Waals surface area contributed by atoms with E-state index in [0.29, 0.717) is 5.56 Å². The van der Waals surface area contributed by atoms with Gasteiger partial charge in [0.1, 0.15) is 0 Å². The number of aromatic carboxylic acids is 1. The summed E-state index contributed by atoms with van der Waals surface area (Å²) in [5, 5.41) is 9.00. The summed E-state index contributed by atoms with van der Waals surface area (Å²) in [5.74, 6) is -1.51.